The molecule has 92 valence electrons. The van der Waals surface area contributed by atoms with Crippen molar-refractivity contribution in [1.29, 1.82) is 0 Å². The number of thioether (sulfide) groups is 1. The number of aromatic nitrogens is 2. The Kier molecular flexibility index (Phi) is 2.83. The van der Waals surface area contributed by atoms with E-state index < -0.39 is 0 Å². The van der Waals surface area contributed by atoms with Gasteiger partial charge in [-0.1, -0.05) is 24.3 Å². The molecule has 1 aliphatic heterocycles. The number of rotatable bonds is 2. The Morgan fingerprint density at radius 1 is 1.28 bits per heavy atom. The molecule has 4 nitrogen and oxygen atoms in total. The topological polar surface area (TPSA) is 49.0 Å². The minimum absolute atomic E-state index is 0.115. The van der Waals surface area contributed by atoms with E-state index in [1.807, 2.05) is 18.4 Å². The van der Waals surface area contributed by atoms with E-state index >= 15 is 0 Å². The first-order valence-electron chi connectivity index (χ1n) is 5.73. The molecule has 0 radical (unpaired) electrons. The molecular weight excluding hydrogens is 246 g/mol. The van der Waals surface area contributed by atoms with Crippen molar-refractivity contribution < 1.29 is 0 Å². The van der Waals surface area contributed by atoms with E-state index in [-0.39, 0.29) is 5.56 Å². The highest BCUT2D eigenvalue weighted by Gasteiger charge is 2.21. The molecule has 0 aliphatic carbocycles. The van der Waals surface area contributed by atoms with E-state index in [4.69, 9.17) is 0 Å². The fraction of sp³-hybridized carbons (Fsp3) is 0.231. The SMILES string of the molecule is CSc1c(N2Cc3ccccc3C2)cn[nH]c1=O. The molecule has 0 saturated heterocycles. The minimum atomic E-state index is -0.115. The maximum absolute atomic E-state index is 11.7. The summed E-state index contributed by atoms with van der Waals surface area (Å²) in [7, 11) is 0. The van der Waals surface area contributed by atoms with E-state index in [0.29, 0.717) is 0 Å². The van der Waals surface area contributed by atoms with Gasteiger partial charge in [-0.3, -0.25) is 4.79 Å². The van der Waals surface area contributed by atoms with Crippen LogP contribution in [0.1, 0.15) is 11.1 Å². The van der Waals surface area contributed by atoms with Gasteiger partial charge in [0.05, 0.1) is 16.8 Å². The van der Waals surface area contributed by atoms with Crippen LogP contribution in [0.25, 0.3) is 0 Å². The highest BCUT2D eigenvalue weighted by atomic mass is 32.2. The number of aromatic amines is 1. The smallest absolute Gasteiger partial charge is 0.279 e. The van der Waals surface area contributed by atoms with Crippen LogP contribution >= 0.6 is 11.8 Å². The molecule has 1 aromatic carbocycles. The second-order valence-electron chi connectivity index (χ2n) is 4.24. The van der Waals surface area contributed by atoms with Crippen molar-refractivity contribution in [2.75, 3.05) is 11.2 Å². The third-order valence-electron chi connectivity index (χ3n) is 3.18. The van der Waals surface area contributed by atoms with Crippen LogP contribution in [-0.4, -0.2) is 16.5 Å². The monoisotopic (exact) mass is 259 g/mol. The summed E-state index contributed by atoms with van der Waals surface area (Å²) < 4.78 is 0. The maximum Gasteiger partial charge on any atom is 0.279 e. The van der Waals surface area contributed by atoms with Gasteiger partial charge in [0.15, 0.2) is 0 Å². The van der Waals surface area contributed by atoms with E-state index in [1.165, 1.54) is 22.9 Å². The lowest BCUT2D eigenvalue weighted by molar-refractivity contribution is 0.834. The Bertz CT molecular complexity index is 613. The van der Waals surface area contributed by atoms with Gasteiger partial charge in [0.25, 0.3) is 5.56 Å². The largest absolute Gasteiger partial charge is 0.360 e. The summed E-state index contributed by atoms with van der Waals surface area (Å²) in [5.41, 5.74) is 3.45. The Labute approximate surface area is 109 Å². The van der Waals surface area contributed by atoms with E-state index in [0.717, 1.165) is 23.7 Å². The van der Waals surface area contributed by atoms with Crippen LogP contribution in [0.5, 0.6) is 0 Å². The zero-order valence-corrected chi connectivity index (χ0v) is 10.8. The van der Waals surface area contributed by atoms with Crippen molar-refractivity contribution >= 4 is 17.4 Å². The number of fused-ring (bicyclic) bond motifs is 1. The van der Waals surface area contributed by atoms with Gasteiger partial charge in [-0.25, -0.2) is 5.10 Å². The molecule has 0 atom stereocenters. The Balaban J connectivity index is 2.00. The highest BCUT2D eigenvalue weighted by molar-refractivity contribution is 7.98. The summed E-state index contributed by atoms with van der Waals surface area (Å²) in [4.78, 5) is 14.7. The summed E-state index contributed by atoms with van der Waals surface area (Å²) >= 11 is 1.46. The summed E-state index contributed by atoms with van der Waals surface area (Å²) in [6.07, 6.45) is 3.65. The molecule has 18 heavy (non-hydrogen) atoms. The molecule has 3 rings (SSSR count). The van der Waals surface area contributed by atoms with Crippen molar-refractivity contribution in [3.63, 3.8) is 0 Å². The molecule has 0 saturated carbocycles. The highest BCUT2D eigenvalue weighted by Crippen LogP contribution is 2.31. The van der Waals surface area contributed by atoms with E-state index in [2.05, 4.69) is 27.2 Å². The number of H-pyrrole nitrogens is 1. The van der Waals surface area contributed by atoms with Crippen molar-refractivity contribution in [3.05, 3.63) is 51.9 Å². The van der Waals surface area contributed by atoms with Gasteiger partial charge in [0, 0.05) is 13.1 Å². The van der Waals surface area contributed by atoms with Crippen molar-refractivity contribution in [1.82, 2.24) is 10.2 Å². The Morgan fingerprint density at radius 3 is 2.56 bits per heavy atom. The zero-order valence-electron chi connectivity index (χ0n) is 10.0. The Morgan fingerprint density at radius 2 is 1.94 bits per heavy atom. The molecule has 0 fully saturated rings. The van der Waals surface area contributed by atoms with Crippen LogP contribution < -0.4 is 10.5 Å². The molecule has 1 aromatic heterocycles. The molecule has 0 bridgehead atoms. The predicted octanol–water partition coefficient (Wildman–Crippen LogP) is 2.01. The number of nitrogens with zero attached hydrogens (tertiary/aromatic N) is 2. The number of nitrogens with one attached hydrogen (secondary N) is 1. The van der Waals surface area contributed by atoms with Crippen molar-refractivity contribution in [2.24, 2.45) is 0 Å². The first-order chi connectivity index (χ1) is 8.79. The van der Waals surface area contributed by atoms with Gasteiger partial charge in [0.2, 0.25) is 0 Å². The second kappa shape index (κ2) is 4.49. The van der Waals surface area contributed by atoms with Crippen LogP contribution in [0, 0.1) is 0 Å². The number of benzene rings is 1. The molecule has 2 heterocycles. The zero-order chi connectivity index (χ0) is 12.5. The van der Waals surface area contributed by atoms with Gasteiger partial charge in [0.1, 0.15) is 0 Å². The third kappa shape index (κ3) is 1.80. The first-order valence-corrected chi connectivity index (χ1v) is 6.95. The predicted molar refractivity (Wildman–Crippen MR) is 73.0 cm³/mol. The van der Waals surface area contributed by atoms with Gasteiger partial charge >= 0.3 is 0 Å². The van der Waals surface area contributed by atoms with Crippen LogP contribution in [0.4, 0.5) is 5.69 Å². The fourth-order valence-electron chi connectivity index (χ4n) is 2.30. The van der Waals surface area contributed by atoms with Gasteiger partial charge < -0.3 is 4.90 Å². The molecular formula is C13H13N3OS. The lowest BCUT2D eigenvalue weighted by Gasteiger charge is -2.19. The fourth-order valence-corrected chi connectivity index (χ4v) is 2.93. The lowest BCUT2D eigenvalue weighted by Crippen LogP contribution is -2.21. The molecule has 5 heteroatoms. The number of anilines is 1. The van der Waals surface area contributed by atoms with Gasteiger partial charge in [-0.2, -0.15) is 5.10 Å². The quantitative estimate of drug-likeness (QED) is 0.838. The molecule has 1 aliphatic rings. The molecule has 0 unspecified atom stereocenters. The lowest BCUT2D eigenvalue weighted by atomic mass is 10.1. The maximum atomic E-state index is 11.7. The standard InChI is InChI=1S/C13H13N3OS/c1-18-12-11(6-14-15-13(12)17)16-7-9-4-2-3-5-10(9)8-16/h2-6H,7-8H2,1H3,(H,15,17). The van der Waals surface area contributed by atoms with Crippen LogP contribution in [0.2, 0.25) is 0 Å². The summed E-state index contributed by atoms with van der Waals surface area (Å²) in [6.45, 7) is 1.68. The third-order valence-corrected chi connectivity index (χ3v) is 3.98. The van der Waals surface area contributed by atoms with E-state index in [9.17, 15) is 4.79 Å². The summed E-state index contributed by atoms with van der Waals surface area (Å²) in [6, 6.07) is 8.37. The average Bonchev–Trinajstić information content (AvgIpc) is 2.82. The summed E-state index contributed by atoms with van der Waals surface area (Å²) in [5, 5.41) is 6.39. The molecule has 2 aromatic rings. The summed E-state index contributed by atoms with van der Waals surface area (Å²) in [5.74, 6) is 0. The van der Waals surface area contributed by atoms with Crippen molar-refractivity contribution in [2.45, 2.75) is 18.0 Å². The second-order valence-corrected chi connectivity index (χ2v) is 5.06. The Hall–Kier alpha value is -1.75. The van der Waals surface area contributed by atoms with E-state index in [1.54, 1.807) is 6.20 Å². The molecule has 0 amide bonds. The number of hydrogen-bond donors (Lipinski definition) is 1. The molecule has 0 spiro atoms. The van der Waals surface area contributed by atoms with Crippen LogP contribution in [0.3, 0.4) is 0 Å². The van der Waals surface area contributed by atoms with Gasteiger partial charge in [-0.15, -0.1) is 11.8 Å². The van der Waals surface area contributed by atoms with Gasteiger partial charge in [-0.05, 0) is 17.4 Å². The average molecular weight is 259 g/mol. The molecule has 1 N–H and O–H groups in total. The first kappa shape index (κ1) is 11.3. The van der Waals surface area contributed by atoms with Crippen LogP contribution in [0.15, 0.2) is 40.2 Å². The van der Waals surface area contributed by atoms with Crippen LogP contribution in [-0.2, 0) is 13.1 Å². The normalized spacial score (nSPS) is 13.7. The minimum Gasteiger partial charge on any atom is -0.360 e. The van der Waals surface area contributed by atoms with Crippen molar-refractivity contribution in [3.8, 4) is 0 Å². The number of hydrogen-bond acceptors (Lipinski definition) is 4.